The molecule has 1 aromatic heterocycles. The number of nitrogens with zero attached hydrogens (tertiary/aromatic N) is 3. The van der Waals surface area contributed by atoms with Crippen LogP contribution in [0.25, 0.3) is 0 Å². The van der Waals surface area contributed by atoms with Gasteiger partial charge in [0.15, 0.2) is 5.82 Å². The Kier molecular flexibility index (Phi) is 6.19. The molecule has 140 valence electrons. The Hall–Kier alpha value is -2.45. The van der Waals surface area contributed by atoms with Gasteiger partial charge in [0.1, 0.15) is 5.75 Å². The van der Waals surface area contributed by atoms with Gasteiger partial charge < -0.3 is 19.3 Å². The van der Waals surface area contributed by atoms with E-state index in [1.807, 2.05) is 24.3 Å². The molecule has 1 fully saturated rings. The standard InChI is InChI=1S/C18H24N4O4/c1-13-20-17(21-26-13)11-18(23)19-12-15(22-7-9-25-10-8-22)14-5-3-4-6-16(14)24-2/h3-6,15H,7-12H2,1-2H3,(H,19,23). The Labute approximate surface area is 152 Å². The number of para-hydroxylation sites is 1. The van der Waals surface area contributed by atoms with Gasteiger partial charge in [0.2, 0.25) is 11.8 Å². The zero-order chi connectivity index (χ0) is 18.4. The Bertz CT molecular complexity index is 727. The van der Waals surface area contributed by atoms with Crippen molar-refractivity contribution in [3.63, 3.8) is 0 Å². The number of benzene rings is 1. The molecule has 1 saturated heterocycles. The van der Waals surface area contributed by atoms with Crippen LogP contribution in [0.5, 0.6) is 5.75 Å². The molecule has 26 heavy (non-hydrogen) atoms. The number of morpholine rings is 1. The average molecular weight is 360 g/mol. The molecule has 0 spiro atoms. The molecule has 1 aromatic carbocycles. The number of carbonyl (C=O) groups is 1. The fraction of sp³-hybridized carbons (Fsp3) is 0.500. The summed E-state index contributed by atoms with van der Waals surface area (Å²) < 4.78 is 15.9. The molecule has 1 aliphatic heterocycles. The number of rotatable bonds is 7. The van der Waals surface area contributed by atoms with Crippen molar-refractivity contribution in [2.45, 2.75) is 19.4 Å². The van der Waals surface area contributed by atoms with E-state index in [0.29, 0.717) is 31.5 Å². The summed E-state index contributed by atoms with van der Waals surface area (Å²) in [4.78, 5) is 18.7. The van der Waals surface area contributed by atoms with Crippen molar-refractivity contribution in [2.24, 2.45) is 0 Å². The fourth-order valence-corrected chi connectivity index (χ4v) is 3.10. The fourth-order valence-electron chi connectivity index (χ4n) is 3.10. The first-order valence-electron chi connectivity index (χ1n) is 8.68. The van der Waals surface area contributed by atoms with E-state index in [9.17, 15) is 4.79 Å². The van der Waals surface area contributed by atoms with Gasteiger partial charge in [-0.3, -0.25) is 9.69 Å². The Morgan fingerprint density at radius 3 is 2.81 bits per heavy atom. The molecule has 1 unspecified atom stereocenters. The first kappa shape index (κ1) is 18.3. The summed E-state index contributed by atoms with van der Waals surface area (Å²) in [6.45, 7) is 5.15. The van der Waals surface area contributed by atoms with Gasteiger partial charge in [-0.2, -0.15) is 4.98 Å². The summed E-state index contributed by atoms with van der Waals surface area (Å²) in [5.74, 6) is 1.51. The average Bonchev–Trinajstić information content (AvgIpc) is 3.07. The number of aromatic nitrogens is 2. The molecule has 0 saturated carbocycles. The summed E-state index contributed by atoms with van der Waals surface area (Å²) in [7, 11) is 1.66. The Balaban J connectivity index is 1.70. The lowest BCUT2D eigenvalue weighted by Gasteiger charge is -2.35. The van der Waals surface area contributed by atoms with Crippen molar-refractivity contribution < 1.29 is 18.8 Å². The number of ether oxygens (including phenoxy) is 2. The van der Waals surface area contributed by atoms with Crippen molar-refractivity contribution in [2.75, 3.05) is 40.0 Å². The van der Waals surface area contributed by atoms with E-state index in [0.717, 1.165) is 24.4 Å². The minimum absolute atomic E-state index is 0.00556. The number of aryl methyl sites for hydroxylation is 1. The van der Waals surface area contributed by atoms with Crippen LogP contribution in [0.2, 0.25) is 0 Å². The van der Waals surface area contributed by atoms with Crippen molar-refractivity contribution in [3.05, 3.63) is 41.5 Å². The van der Waals surface area contributed by atoms with Gasteiger partial charge in [-0.15, -0.1) is 0 Å². The lowest BCUT2D eigenvalue weighted by molar-refractivity contribution is -0.120. The van der Waals surface area contributed by atoms with Crippen molar-refractivity contribution in [1.82, 2.24) is 20.4 Å². The van der Waals surface area contributed by atoms with E-state index in [1.54, 1.807) is 14.0 Å². The van der Waals surface area contributed by atoms with E-state index in [-0.39, 0.29) is 18.4 Å². The van der Waals surface area contributed by atoms with E-state index >= 15 is 0 Å². The second-order valence-corrected chi connectivity index (χ2v) is 6.12. The minimum atomic E-state index is -0.140. The highest BCUT2D eigenvalue weighted by molar-refractivity contribution is 5.77. The number of amides is 1. The molecule has 8 heteroatoms. The zero-order valence-electron chi connectivity index (χ0n) is 15.1. The second kappa shape index (κ2) is 8.77. The van der Waals surface area contributed by atoms with Crippen molar-refractivity contribution in [3.8, 4) is 5.75 Å². The third-order valence-electron chi connectivity index (χ3n) is 4.37. The number of methoxy groups -OCH3 is 1. The molecule has 1 amide bonds. The summed E-state index contributed by atoms with van der Waals surface area (Å²) >= 11 is 0. The molecule has 8 nitrogen and oxygen atoms in total. The van der Waals surface area contributed by atoms with Crippen LogP contribution in [0, 0.1) is 6.92 Å². The maximum atomic E-state index is 12.3. The molecule has 0 bridgehead atoms. The van der Waals surface area contributed by atoms with Gasteiger partial charge in [0.05, 0.1) is 32.8 Å². The number of carbonyl (C=O) groups excluding carboxylic acids is 1. The third-order valence-corrected chi connectivity index (χ3v) is 4.37. The molecule has 2 aromatic rings. The predicted octanol–water partition coefficient (Wildman–Crippen LogP) is 1.12. The van der Waals surface area contributed by atoms with Crippen LogP contribution in [0.4, 0.5) is 0 Å². The van der Waals surface area contributed by atoms with Crippen molar-refractivity contribution in [1.29, 1.82) is 0 Å². The van der Waals surface area contributed by atoms with Gasteiger partial charge in [-0.25, -0.2) is 0 Å². The number of nitrogens with one attached hydrogen (secondary N) is 1. The molecule has 1 N–H and O–H groups in total. The van der Waals surface area contributed by atoms with Gasteiger partial charge in [-0.05, 0) is 6.07 Å². The maximum absolute atomic E-state index is 12.3. The number of hydrogen-bond acceptors (Lipinski definition) is 7. The van der Waals surface area contributed by atoms with Crippen LogP contribution >= 0.6 is 0 Å². The summed E-state index contributed by atoms with van der Waals surface area (Å²) in [5, 5.41) is 6.75. The third kappa shape index (κ3) is 4.59. The van der Waals surface area contributed by atoms with E-state index in [2.05, 4.69) is 20.4 Å². The van der Waals surface area contributed by atoms with E-state index in [1.165, 1.54) is 0 Å². The maximum Gasteiger partial charge on any atom is 0.227 e. The molecular formula is C18H24N4O4. The zero-order valence-corrected chi connectivity index (χ0v) is 15.1. The second-order valence-electron chi connectivity index (χ2n) is 6.12. The quantitative estimate of drug-likeness (QED) is 0.791. The molecular weight excluding hydrogens is 336 g/mol. The first-order chi connectivity index (χ1) is 12.7. The molecule has 0 radical (unpaired) electrons. The van der Waals surface area contributed by atoms with Crippen LogP contribution in [0.3, 0.4) is 0 Å². The summed E-state index contributed by atoms with van der Waals surface area (Å²) in [6, 6.07) is 7.90. The van der Waals surface area contributed by atoms with Crippen molar-refractivity contribution >= 4 is 5.91 Å². The SMILES string of the molecule is COc1ccccc1C(CNC(=O)Cc1noc(C)n1)N1CCOCC1. The van der Waals surface area contributed by atoms with Crippen LogP contribution in [0.1, 0.15) is 23.3 Å². The predicted molar refractivity (Wildman–Crippen MR) is 93.9 cm³/mol. The van der Waals surface area contributed by atoms with Crippen LogP contribution in [-0.4, -0.2) is 60.9 Å². The highest BCUT2D eigenvalue weighted by Crippen LogP contribution is 2.29. The van der Waals surface area contributed by atoms with Crippen LogP contribution in [0.15, 0.2) is 28.8 Å². The highest BCUT2D eigenvalue weighted by atomic mass is 16.5. The molecule has 3 rings (SSSR count). The molecule has 1 aliphatic rings. The van der Waals surface area contributed by atoms with Gasteiger partial charge in [0, 0.05) is 32.1 Å². The van der Waals surface area contributed by atoms with E-state index in [4.69, 9.17) is 14.0 Å². The summed E-state index contributed by atoms with van der Waals surface area (Å²) in [5.41, 5.74) is 1.05. The molecule has 2 heterocycles. The summed E-state index contributed by atoms with van der Waals surface area (Å²) in [6.07, 6.45) is 0.0963. The Morgan fingerprint density at radius 1 is 1.35 bits per heavy atom. The lowest BCUT2D eigenvalue weighted by Crippen LogP contribution is -2.44. The number of hydrogen-bond donors (Lipinski definition) is 1. The van der Waals surface area contributed by atoms with Crippen LogP contribution < -0.4 is 10.1 Å². The van der Waals surface area contributed by atoms with Crippen LogP contribution in [-0.2, 0) is 16.0 Å². The topological polar surface area (TPSA) is 89.7 Å². The van der Waals surface area contributed by atoms with Gasteiger partial charge >= 0.3 is 0 Å². The van der Waals surface area contributed by atoms with Gasteiger partial charge in [0.25, 0.3) is 0 Å². The monoisotopic (exact) mass is 360 g/mol. The molecule has 1 atom stereocenters. The first-order valence-corrected chi connectivity index (χ1v) is 8.68. The highest BCUT2D eigenvalue weighted by Gasteiger charge is 2.25. The molecule has 0 aliphatic carbocycles. The minimum Gasteiger partial charge on any atom is -0.496 e. The van der Waals surface area contributed by atoms with E-state index < -0.39 is 0 Å². The van der Waals surface area contributed by atoms with Gasteiger partial charge in [-0.1, -0.05) is 23.4 Å². The normalized spacial score (nSPS) is 16.2. The largest absolute Gasteiger partial charge is 0.496 e. The Morgan fingerprint density at radius 2 is 2.12 bits per heavy atom. The smallest absolute Gasteiger partial charge is 0.227 e. The lowest BCUT2D eigenvalue weighted by atomic mass is 10.0.